The standard InChI is InChI=1S/C18H27NO3/c1-5-7-13(3)15-10-11-19-14(4)16(18(20)21-6-2)8-9-17(19)22-12-15/h10,17H,3,5-9,11-12H2,1-2,4H3. The highest BCUT2D eigenvalue weighted by molar-refractivity contribution is 5.89. The summed E-state index contributed by atoms with van der Waals surface area (Å²) in [5.41, 5.74) is 4.12. The van der Waals surface area contributed by atoms with Crippen LogP contribution < -0.4 is 0 Å². The normalized spacial score (nSPS) is 21.9. The summed E-state index contributed by atoms with van der Waals surface area (Å²) < 4.78 is 11.2. The summed E-state index contributed by atoms with van der Waals surface area (Å²) in [5, 5.41) is 0. The van der Waals surface area contributed by atoms with Crippen LogP contribution in [-0.4, -0.2) is 36.9 Å². The molecule has 0 N–H and O–H groups in total. The van der Waals surface area contributed by atoms with Crippen LogP contribution in [0.2, 0.25) is 0 Å². The van der Waals surface area contributed by atoms with Gasteiger partial charge in [-0.05, 0) is 44.3 Å². The molecule has 2 rings (SSSR count). The van der Waals surface area contributed by atoms with Crippen LogP contribution in [0.4, 0.5) is 0 Å². The third-order valence-electron chi connectivity index (χ3n) is 4.35. The molecule has 4 nitrogen and oxygen atoms in total. The fourth-order valence-electron chi connectivity index (χ4n) is 3.05. The number of hydrogen-bond acceptors (Lipinski definition) is 4. The lowest BCUT2D eigenvalue weighted by Crippen LogP contribution is -2.40. The topological polar surface area (TPSA) is 38.8 Å². The lowest BCUT2D eigenvalue weighted by molar-refractivity contribution is -0.139. The van der Waals surface area contributed by atoms with Gasteiger partial charge in [0.05, 0.1) is 18.8 Å². The average molecular weight is 305 g/mol. The summed E-state index contributed by atoms with van der Waals surface area (Å²) in [6.07, 6.45) is 5.87. The van der Waals surface area contributed by atoms with Crippen LogP contribution in [0.5, 0.6) is 0 Å². The zero-order chi connectivity index (χ0) is 16.1. The smallest absolute Gasteiger partial charge is 0.335 e. The first kappa shape index (κ1) is 16.8. The van der Waals surface area contributed by atoms with E-state index in [1.165, 1.54) is 5.57 Å². The largest absolute Gasteiger partial charge is 0.463 e. The van der Waals surface area contributed by atoms with Crippen molar-refractivity contribution in [3.8, 4) is 0 Å². The predicted octanol–water partition coefficient (Wildman–Crippen LogP) is 3.56. The van der Waals surface area contributed by atoms with Gasteiger partial charge in [0.2, 0.25) is 0 Å². The van der Waals surface area contributed by atoms with E-state index in [1.807, 2.05) is 13.8 Å². The highest BCUT2D eigenvalue weighted by atomic mass is 16.5. The van der Waals surface area contributed by atoms with E-state index in [4.69, 9.17) is 9.47 Å². The number of esters is 1. The molecule has 0 bridgehead atoms. The van der Waals surface area contributed by atoms with E-state index in [1.54, 1.807) is 0 Å². The van der Waals surface area contributed by atoms with Gasteiger partial charge in [-0.3, -0.25) is 0 Å². The molecule has 0 aromatic heterocycles. The lowest BCUT2D eigenvalue weighted by atomic mass is 10.0. The second kappa shape index (κ2) is 7.63. The number of carbonyl (C=O) groups excluding carboxylic acids is 1. The van der Waals surface area contributed by atoms with E-state index < -0.39 is 0 Å². The summed E-state index contributed by atoms with van der Waals surface area (Å²) in [5.74, 6) is -0.192. The SMILES string of the molecule is C=C(CCC)C1=CCN2C(C)=C(C(=O)OCC)CCC2OC1. The fraction of sp³-hybridized carbons (Fsp3) is 0.611. The minimum absolute atomic E-state index is 0.0429. The van der Waals surface area contributed by atoms with Gasteiger partial charge in [0.25, 0.3) is 0 Å². The van der Waals surface area contributed by atoms with Gasteiger partial charge < -0.3 is 14.4 Å². The molecule has 2 aliphatic heterocycles. The van der Waals surface area contributed by atoms with Crippen LogP contribution in [0.3, 0.4) is 0 Å². The van der Waals surface area contributed by atoms with Crippen LogP contribution in [0.1, 0.15) is 46.5 Å². The van der Waals surface area contributed by atoms with Gasteiger partial charge in [0.1, 0.15) is 6.23 Å². The van der Waals surface area contributed by atoms with E-state index >= 15 is 0 Å². The molecule has 0 aliphatic carbocycles. The molecule has 0 amide bonds. The quantitative estimate of drug-likeness (QED) is 0.728. The van der Waals surface area contributed by atoms with Crippen LogP contribution in [-0.2, 0) is 14.3 Å². The first-order chi connectivity index (χ1) is 10.6. The Labute approximate surface area is 133 Å². The molecule has 0 saturated heterocycles. The molecule has 4 heteroatoms. The van der Waals surface area contributed by atoms with E-state index in [9.17, 15) is 4.79 Å². The van der Waals surface area contributed by atoms with Crippen molar-refractivity contribution in [2.45, 2.75) is 52.7 Å². The van der Waals surface area contributed by atoms with Crippen molar-refractivity contribution < 1.29 is 14.3 Å². The molecule has 0 aromatic carbocycles. The van der Waals surface area contributed by atoms with Gasteiger partial charge in [0.15, 0.2) is 0 Å². The summed E-state index contributed by atoms with van der Waals surface area (Å²) in [7, 11) is 0. The van der Waals surface area contributed by atoms with Crippen molar-refractivity contribution in [3.05, 3.63) is 35.1 Å². The predicted molar refractivity (Wildman–Crippen MR) is 87.1 cm³/mol. The fourth-order valence-corrected chi connectivity index (χ4v) is 3.05. The number of rotatable bonds is 5. The molecule has 0 saturated carbocycles. The number of ether oxygens (including phenoxy) is 2. The number of nitrogens with zero attached hydrogens (tertiary/aromatic N) is 1. The van der Waals surface area contributed by atoms with Crippen LogP contribution in [0, 0.1) is 0 Å². The van der Waals surface area contributed by atoms with Gasteiger partial charge in [-0.1, -0.05) is 26.0 Å². The van der Waals surface area contributed by atoms with Gasteiger partial charge in [0, 0.05) is 12.2 Å². The van der Waals surface area contributed by atoms with Crippen molar-refractivity contribution in [2.24, 2.45) is 0 Å². The molecular formula is C18H27NO3. The highest BCUT2D eigenvalue weighted by Crippen LogP contribution is 2.31. The number of fused-ring (bicyclic) bond motifs is 1. The van der Waals surface area contributed by atoms with E-state index in [0.29, 0.717) is 13.2 Å². The Morgan fingerprint density at radius 2 is 2.27 bits per heavy atom. The maximum Gasteiger partial charge on any atom is 0.335 e. The van der Waals surface area contributed by atoms with Crippen molar-refractivity contribution >= 4 is 5.97 Å². The van der Waals surface area contributed by atoms with Crippen LogP contribution in [0.25, 0.3) is 0 Å². The summed E-state index contributed by atoms with van der Waals surface area (Å²) >= 11 is 0. The maximum absolute atomic E-state index is 12.0. The summed E-state index contributed by atoms with van der Waals surface area (Å²) in [6, 6.07) is 0. The number of carbonyl (C=O) groups is 1. The van der Waals surface area contributed by atoms with Crippen LogP contribution in [0.15, 0.2) is 35.1 Å². The minimum atomic E-state index is -0.192. The van der Waals surface area contributed by atoms with E-state index in [2.05, 4.69) is 24.5 Å². The summed E-state index contributed by atoms with van der Waals surface area (Å²) in [4.78, 5) is 14.2. The molecule has 2 heterocycles. The van der Waals surface area contributed by atoms with Crippen molar-refractivity contribution in [3.63, 3.8) is 0 Å². The minimum Gasteiger partial charge on any atom is -0.463 e. The highest BCUT2D eigenvalue weighted by Gasteiger charge is 2.31. The molecule has 122 valence electrons. The second-order valence-corrected chi connectivity index (χ2v) is 5.82. The molecule has 0 radical (unpaired) electrons. The number of hydrogen-bond donors (Lipinski definition) is 0. The molecule has 2 aliphatic rings. The van der Waals surface area contributed by atoms with E-state index in [-0.39, 0.29) is 12.2 Å². The van der Waals surface area contributed by atoms with Gasteiger partial charge in [-0.25, -0.2) is 4.79 Å². The van der Waals surface area contributed by atoms with Crippen molar-refractivity contribution in [2.75, 3.05) is 19.8 Å². The third kappa shape index (κ3) is 3.61. The first-order valence-corrected chi connectivity index (χ1v) is 8.20. The monoisotopic (exact) mass is 305 g/mol. The van der Waals surface area contributed by atoms with Gasteiger partial charge in [-0.15, -0.1) is 0 Å². The van der Waals surface area contributed by atoms with Crippen LogP contribution >= 0.6 is 0 Å². The Hall–Kier alpha value is -1.55. The summed E-state index contributed by atoms with van der Waals surface area (Å²) in [6.45, 7) is 11.9. The third-order valence-corrected chi connectivity index (χ3v) is 4.35. The zero-order valence-corrected chi connectivity index (χ0v) is 14.0. The van der Waals surface area contributed by atoms with Gasteiger partial charge in [-0.2, -0.15) is 0 Å². The van der Waals surface area contributed by atoms with E-state index in [0.717, 1.165) is 49.1 Å². The average Bonchev–Trinajstić information content (AvgIpc) is 2.71. The van der Waals surface area contributed by atoms with Crippen molar-refractivity contribution in [1.29, 1.82) is 0 Å². The number of allylic oxidation sites excluding steroid dienone is 1. The Morgan fingerprint density at radius 3 is 2.95 bits per heavy atom. The molecule has 1 unspecified atom stereocenters. The molecule has 0 aromatic rings. The Morgan fingerprint density at radius 1 is 1.50 bits per heavy atom. The maximum atomic E-state index is 12.0. The molecule has 1 atom stereocenters. The molecule has 0 fully saturated rings. The first-order valence-electron chi connectivity index (χ1n) is 8.20. The molecular weight excluding hydrogens is 278 g/mol. The molecule has 22 heavy (non-hydrogen) atoms. The zero-order valence-electron chi connectivity index (χ0n) is 14.0. The Kier molecular flexibility index (Phi) is 5.83. The second-order valence-electron chi connectivity index (χ2n) is 5.82. The van der Waals surface area contributed by atoms with Crippen molar-refractivity contribution in [1.82, 2.24) is 4.90 Å². The van der Waals surface area contributed by atoms with Gasteiger partial charge >= 0.3 is 5.97 Å². The lowest BCUT2D eigenvalue weighted by Gasteiger charge is -2.36. The Balaban J connectivity index is 2.16. The molecule has 0 spiro atoms. The Bertz CT molecular complexity index is 504.